The van der Waals surface area contributed by atoms with E-state index >= 15 is 0 Å². The number of hydrogen-bond donors (Lipinski definition) is 0. The topological polar surface area (TPSA) is 93.1 Å². The molecule has 0 saturated heterocycles. The maximum absolute atomic E-state index is 12.6. The highest BCUT2D eigenvalue weighted by Crippen LogP contribution is 2.34. The van der Waals surface area contributed by atoms with Crippen molar-refractivity contribution in [3.8, 4) is 5.75 Å². The summed E-state index contributed by atoms with van der Waals surface area (Å²) < 4.78 is 54.4. The van der Waals surface area contributed by atoms with Crippen molar-refractivity contribution in [2.75, 3.05) is 12.3 Å². The molecular weight excluding hydrogens is 316 g/mol. The van der Waals surface area contributed by atoms with Crippen molar-refractivity contribution in [3.05, 3.63) is 36.0 Å². The van der Waals surface area contributed by atoms with E-state index in [9.17, 15) is 16.8 Å². The van der Waals surface area contributed by atoms with Gasteiger partial charge in [0.2, 0.25) is 0 Å². The molecule has 2 heterocycles. The number of benzene rings is 1. The van der Waals surface area contributed by atoms with Crippen LogP contribution in [0.15, 0.2) is 40.4 Å². The van der Waals surface area contributed by atoms with Crippen LogP contribution in [0.25, 0.3) is 0 Å². The van der Waals surface area contributed by atoms with Gasteiger partial charge < -0.3 is 4.18 Å². The van der Waals surface area contributed by atoms with Crippen molar-refractivity contribution in [2.24, 2.45) is 4.99 Å². The van der Waals surface area contributed by atoms with Gasteiger partial charge in [0, 0.05) is 6.20 Å². The number of hydrogen-bond acceptors (Lipinski definition) is 6. The van der Waals surface area contributed by atoms with Gasteiger partial charge in [0.05, 0.1) is 12.3 Å². The second-order valence-electron chi connectivity index (χ2n) is 4.56. The molecule has 2 aliphatic heterocycles. The summed E-state index contributed by atoms with van der Waals surface area (Å²) in [6.45, 7) is 0.141. The van der Waals surface area contributed by atoms with Gasteiger partial charge in [-0.3, -0.25) is 4.31 Å². The highest BCUT2D eigenvalue weighted by Gasteiger charge is 2.32. The van der Waals surface area contributed by atoms with Crippen LogP contribution < -0.4 is 4.18 Å². The van der Waals surface area contributed by atoms with Crippen LogP contribution in [0, 0.1) is 0 Å². The largest absolute Gasteiger partial charge is 0.381 e. The smallest absolute Gasteiger partial charge is 0.309 e. The maximum atomic E-state index is 12.6. The summed E-state index contributed by atoms with van der Waals surface area (Å²) in [6.07, 6.45) is 4.50. The monoisotopic (exact) mass is 328 g/mol. The van der Waals surface area contributed by atoms with Gasteiger partial charge in [-0.15, -0.1) is 0 Å². The standard InChI is InChI=1S/C12H12N2O5S2/c15-20(16)8-5-10-3-1-4-11(12(10)19-20)21(17,18)14-7-2-6-13-9-14/h1-4,6,9H,5,7-8H2. The minimum atomic E-state index is -3.91. The van der Waals surface area contributed by atoms with E-state index in [1.54, 1.807) is 18.2 Å². The van der Waals surface area contributed by atoms with Gasteiger partial charge in [-0.05, 0) is 24.1 Å². The molecule has 0 unspecified atom stereocenters. The molecule has 0 aromatic heterocycles. The number of nitrogens with zero attached hydrogens (tertiary/aromatic N) is 2. The van der Waals surface area contributed by atoms with Gasteiger partial charge in [0.1, 0.15) is 11.2 Å². The number of rotatable bonds is 2. The summed E-state index contributed by atoms with van der Waals surface area (Å²) in [5, 5.41) is 0. The molecule has 0 bridgehead atoms. The molecule has 0 N–H and O–H groups in total. The predicted molar refractivity (Wildman–Crippen MR) is 76.1 cm³/mol. The Morgan fingerprint density at radius 2 is 2.10 bits per heavy atom. The molecule has 9 heteroatoms. The molecule has 0 aliphatic carbocycles. The van der Waals surface area contributed by atoms with Crippen LogP contribution in [-0.4, -0.2) is 39.8 Å². The van der Waals surface area contributed by atoms with Crippen LogP contribution in [0.4, 0.5) is 0 Å². The van der Waals surface area contributed by atoms with E-state index in [0.717, 1.165) is 4.31 Å². The first-order valence-corrected chi connectivity index (χ1v) is 9.16. The Morgan fingerprint density at radius 3 is 2.81 bits per heavy atom. The SMILES string of the molecule is O=S1(=O)CCc2cccc(S(=O)(=O)N3C=NC=CC3)c2O1. The summed E-state index contributed by atoms with van der Waals surface area (Å²) in [5.41, 5.74) is 0.565. The number of fused-ring (bicyclic) bond motifs is 1. The Bertz CT molecular complexity index is 840. The van der Waals surface area contributed by atoms with E-state index in [0.29, 0.717) is 5.56 Å². The second-order valence-corrected chi connectivity index (χ2v) is 8.11. The third-order valence-electron chi connectivity index (χ3n) is 3.15. The van der Waals surface area contributed by atoms with Crippen molar-refractivity contribution in [3.63, 3.8) is 0 Å². The van der Waals surface area contributed by atoms with Gasteiger partial charge in [0.25, 0.3) is 10.0 Å². The Kier molecular flexibility index (Phi) is 3.25. The molecule has 1 aromatic rings. The minimum Gasteiger partial charge on any atom is -0.381 e. The normalized spacial score (nSPS) is 19.9. The lowest BCUT2D eigenvalue weighted by Crippen LogP contribution is -2.32. The van der Waals surface area contributed by atoms with Crippen LogP contribution in [0.2, 0.25) is 0 Å². The number of para-hydroxylation sites is 1. The zero-order chi connectivity index (χ0) is 15.1. The lowest BCUT2D eigenvalue weighted by Gasteiger charge is -2.24. The third kappa shape index (κ3) is 2.54. The second kappa shape index (κ2) is 4.85. The van der Waals surface area contributed by atoms with Crippen molar-refractivity contribution < 1.29 is 21.0 Å². The summed E-state index contributed by atoms with van der Waals surface area (Å²) >= 11 is 0. The van der Waals surface area contributed by atoms with Crippen LogP contribution in [0.5, 0.6) is 5.75 Å². The van der Waals surface area contributed by atoms with Gasteiger partial charge in [-0.1, -0.05) is 12.1 Å². The van der Waals surface area contributed by atoms with E-state index in [1.165, 1.54) is 18.6 Å². The number of aryl methyl sites for hydroxylation is 1. The number of sulfonamides is 1. The molecule has 0 atom stereocenters. The van der Waals surface area contributed by atoms with E-state index < -0.39 is 20.1 Å². The lowest BCUT2D eigenvalue weighted by atomic mass is 10.1. The van der Waals surface area contributed by atoms with Crippen LogP contribution in [0.3, 0.4) is 0 Å². The van der Waals surface area contributed by atoms with Gasteiger partial charge in [-0.2, -0.15) is 8.42 Å². The highest BCUT2D eigenvalue weighted by atomic mass is 32.2. The summed E-state index contributed by atoms with van der Waals surface area (Å²) in [4.78, 5) is 3.61. The van der Waals surface area contributed by atoms with Crippen molar-refractivity contribution >= 4 is 26.5 Å². The molecule has 3 rings (SSSR count). The van der Waals surface area contributed by atoms with Crippen molar-refractivity contribution in [1.82, 2.24) is 4.31 Å². The fraction of sp³-hybridized carbons (Fsp3) is 0.250. The third-order valence-corrected chi connectivity index (χ3v) is 6.01. The molecule has 2 aliphatic rings. The predicted octanol–water partition coefficient (Wildman–Crippen LogP) is 0.498. The average molecular weight is 328 g/mol. The Hall–Kier alpha value is -1.87. The van der Waals surface area contributed by atoms with E-state index in [4.69, 9.17) is 4.18 Å². The lowest BCUT2D eigenvalue weighted by molar-refractivity contribution is 0.462. The van der Waals surface area contributed by atoms with Crippen molar-refractivity contribution in [1.29, 1.82) is 0 Å². The van der Waals surface area contributed by atoms with E-state index in [1.807, 2.05) is 0 Å². The highest BCUT2D eigenvalue weighted by molar-refractivity contribution is 7.90. The zero-order valence-corrected chi connectivity index (χ0v) is 12.5. The zero-order valence-electron chi connectivity index (χ0n) is 10.8. The molecule has 0 radical (unpaired) electrons. The Morgan fingerprint density at radius 1 is 1.29 bits per heavy atom. The number of aliphatic imine (C=N–C) groups is 1. The van der Waals surface area contributed by atoms with E-state index in [-0.39, 0.29) is 29.4 Å². The van der Waals surface area contributed by atoms with Crippen LogP contribution in [0.1, 0.15) is 5.56 Å². The Balaban J connectivity index is 2.12. The fourth-order valence-electron chi connectivity index (χ4n) is 2.12. The van der Waals surface area contributed by atoms with Gasteiger partial charge in [0.15, 0.2) is 5.75 Å². The molecule has 0 amide bonds. The fourth-order valence-corrected chi connectivity index (χ4v) is 4.55. The molecular formula is C12H12N2O5S2. The maximum Gasteiger partial charge on any atom is 0.309 e. The molecule has 0 spiro atoms. The molecule has 21 heavy (non-hydrogen) atoms. The van der Waals surface area contributed by atoms with Gasteiger partial charge in [-0.25, -0.2) is 13.4 Å². The molecule has 112 valence electrons. The summed E-state index contributed by atoms with van der Waals surface area (Å²) in [5.74, 6) is -0.260. The van der Waals surface area contributed by atoms with E-state index in [2.05, 4.69) is 4.99 Å². The summed E-state index contributed by atoms with van der Waals surface area (Å²) in [6, 6.07) is 4.57. The first kappa shape index (κ1) is 14.1. The molecule has 0 fully saturated rings. The van der Waals surface area contributed by atoms with Gasteiger partial charge >= 0.3 is 10.1 Å². The molecule has 1 aromatic carbocycles. The Labute approximate surface area is 122 Å². The van der Waals surface area contributed by atoms with Crippen LogP contribution >= 0.6 is 0 Å². The average Bonchev–Trinajstić information content (AvgIpc) is 2.46. The molecule has 0 saturated carbocycles. The van der Waals surface area contributed by atoms with Crippen molar-refractivity contribution in [2.45, 2.75) is 11.3 Å². The summed E-state index contributed by atoms with van der Waals surface area (Å²) in [7, 11) is -7.65. The first-order chi connectivity index (χ1) is 9.90. The minimum absolute atomic E-state index is 0.105. The molecule has 7 nitrogen and oxygen atoms in total. The van der Waals surface area contributed by atoms with Crippen LogP contribution in [-0.2, 0) is 26.6 Å². The quantitative estimate of drug-likeness (QED) is 0.737. The first-order valence-electron chi connectivity index (χ1n) is 6.14.